The van der Waals surface area contributed by atoms with Crippen molar-refractivity contribution < 1.29 is 14.3 Å². The Hall–Kier alpha value is -2.89. The van der Waals surface area contributed by atoms with Gasteiger partial charge in [0.25, 0.3) is 5.91 Å². The van der Waals surface area contributed by atoms with Crippen molar-refractivity contribution in [3.05, 3.63) is 69.6 Å². The standard InChI is InChI=1S/C17H18N2O4/c1-3-13-12(9-10-14(20)18-13)16(21)19-15(17(22)23-2)11-7-5-4-6-8-11/h4-10,15H,3H2,1-2H3,(H,18,20)(H,19,21)/t15-/m0/s1. The molecule has 6 nitrogen and oxygen atoms in total. The number of esters is 1. The highest BCUT2D eigenvalue weighted by Crippen LogP contribution is 2.16. The summed E-state index contributed by atoms with van der Waals surface area (Å²) in [7, 11) is 1.27. The monoisotopic (exact) mass is 314 g/mol. The number of hydrogen-bond donors (Lipinski definition) is 2. The fraction of sp³-hybridized carbons (Fsp3) is 0.235. The van der Waals surface area contributed by atoms with Gasteiger partial charge in [0.1, 0.15) is 0 Å². The molecule has 2 rings (SSSR count). The van der Waals surface area contributed by atoms with E-state index in [9.17, 15) is 14.4 Å². The van der Waals surface area contributed by atoms with Gasteiger partial charge in [0.15, 0.2) is 6.04 Å². The Balaban J connectivity index is 2.32. The van der Waals surface area contributed by atoms with Crippen LogP contribution in [0.1, 0.15) is 34.6 Å². The highest BCUT2D eigenvalue weighted by molar-refractivity contribution is 5.97. The number of nitrogens with one attached hydrogen (secondary N) is 2. The van der Waals surface area contributed by atoms with E-state index in [1.54, 1.807) is 24.3 Å². The molecule has 0 saturated heterocycles. The number of H-pyrrole nitrogens is 1. The van der Waals surface area contributed by atoms with E-state index >= 15 is 0 Å². The normalized spacial score (nSPS) is 11.6. The third-order valence-corrected chi connectivity index (χ3v) is 3.44. The second-order valence-electron chi connectivity index (χ2n) is 4.91. The molecule has 2 aromatic rings. The number of amides is 1. The van der Waals surface area contributed by atoms with Crippen LogP contribution in [0.4, 0.5) is 0 Å². The van der Waals surface area contributed by atoms with E-state index < -0.39 is 17.9 Å². The van der Waals surface area contributed by atoms with Crippen molar-refractivity contribution in [1.29, 1.82) is 0 Å². The number of carbonyl (C=O) groups excluding carboxylic acids is 2. The minimum absolute atomic E-state index is 0.272. The molecule has 1 aromatic heterocycles. The number of aromatic nitrogens is 1. The maximum absolute atomic E-state index is 12.5. The van der Waals surface area contributed by atoms with Crippen LogP contribution in [0, 0.1) is 0 Å². The molecule has 1 amide bonds. The van der Waals surface area contributed by atoms with Crippen LogP contribution >= 0.6 is 0 Å². The topological polar surface area (TPSA) is 88.3 Å². The summed E-state index contributed by atoms with van der Waals surface area (Å²) in [5.74, 6) is -1.01. The molecule has 2 N–H and O–H groups in total. The summed E-state index contributed by atoms with van der Waals surface area (Å²) in [5, 5.41) is 2.66. The average Bonchev–Trinajstić information content (AvgIpc) is 2.59. The van der Waals surface area contributed by atoms with E-state index in [4.69, 9.17) is 4.74 Å². The molecule has 1 atom stereocenters. The fourth-order valence-corrected chi connectivity index (χ4v) is 2.26. The quantitative estimate of drug-likeness (QED) is 0.820. The van der Waals surface area contributed by atoms with Gasteiger partial charge >= 0.3 is 5.97 Å². The van der Waals surface area contributed by atoms with Gasteiger partial charge in [0, 0.05) is 11.8 Å². The van der Waals surface area contributed by atoms with Crippen LogP contribution in [0.5, 0.6) is 0 Å². The van der Waals surface area contributed by atoms with Gasteiger partial charge in [0.05, 0.1) is 12.7 Å². The lowest BCUT2D eigenvalue weighted by molar-refractivity contribution is -0.143. The van der Waals surface area contributed by atoms with Gasteiger partial charge in [-0.2, -0.15) is 0 Å². The van der Waals surface area contributed by atoms with Gasteiger partial charge in [-0.25, -0.2) is 4.79 Å². The third kappa shape index (κ3) is 3.85. The second-order valence-corrected chi connectivity index (χ2v) is 4.91. The molecule has 0 unspecified atom stereocenters. The van der Waals surface area contributed by atoms with Gasteiger partial charge in [-0.1, -0.05) is 37.3 Å². The van der Waals surface area contributed by atoms with Gasteiger partial charge in [0.2, 0.25) is 5.56 Å². The third-order valence-electron chi connectivity index (χ3n) is 3.44. The van der Waals surface area contributed by atoms with Crippen LogP contribution in [-0.4, -0.2) is 24.0 Å². The number of methoxy groups -OCH3 is 1. The first-order valence-corrected chi connectivity index (χ1v) is 7.22. The Morgan fingerprint density at radius 2 is 1.87 bits per heavy atom. The van der Waals surface area contributed by atoms with Gasteiger partial charge in [-0.3, -0.25) is 9.59 Å². The highest BCUT2D eigenvalue weighted by atomic mass is 16.5. The molecule has 0 saturated carbocycles. The molecule has 120 valence electrons. The number of ether oxygens (including phenoxy) is 1. The van der Waals surface area contributed by atoms with Gasteiger partial charge in [-0.15, -0.1) is 0 Å². The maximum Gasteiger partial charge on any atom is 0.333 e. The summed E-state index contributed by atoms with van der Waals surface area (Å²) in [4.78, 5) is 38.5. The van der Waals surface area contributed by atoms with Crippen LogP contribution in [0.15, 0.2) is 47.3 Å². The predicted molar refractivity (Wildman–Crippen MR) is 85.1 cm³/mol. The van der Waals surface area contributed by atoms with Crippen molar-refractivity contribution in [2.75, 3.05) is 7.11 Å². The SMILES string of the molecule is CCc1[nH]c(=O)ccc1C(=O)N[C@H](C(=O)OC)c1ccccc1. The van der Waals surface area contributed by atoms with Crippen LogP contribution in [0.2, 0.25) is 0 Å². The van der Waals surface area contributed by atoms with Crippen molar-refractivity contribution >= 4 is 11.9 Å². The number of rotatable bonds is 5. The van der Waals surface area contributed by atoms with Gasteiger partial charge in [-0.05, 0) is 18.1 Å². The lowest BCUT2D eigenvalue weighted by Crippen LogP contribution is -2.35. The average molecular weight is 314 g/mol. The molecule has 6 heteroatoms. The first-order valence-electron chi connectivity index (χ1n) is 7.22. The number of hydrogen-bond acceptors (Lipinski definition) is 4. The van der Waals surface area contributed by atoms with E-state index in [-0.39, 0.29) is 5.56 Å². The molecular weight excluding hydrogens is 296 g/mol. The molecular formula is C17H18N2O4. The summed E-state index contributed by atoms with van der Waals surface area (Å²) in [5.41, 5.74) is 1.20. The highest BCUT2D eigenvalue weighted by Gasteiger charge is 2.24. The number of pyridine rings is 1. The lowest BCUT2D eigenvalue weighted by Gasteiger charge is -2.17. The Kier molecular flexibility index (Phi) is 5.30. The largest absolute Gasteiger partial charge is 0.467 e. The minimum atomic E-state index is -0.912. The van der Waals surface area contributed by atoms with E-state index in [1.165, 1.54) is 19.2 Å². The van der Waals surface area contributed by atoms with Crippen LogP contribution in [-0.2, 0) is 16.0 Å². The Labute approximate surface area is 133 Å². The Bertz CT molecular complexity index is 753. The van der Waals surface area contributed by atoms with Crippen LogP contribution in [0.3, 0.4) is 0 Å². The smallest absolute Gasteiger partial charge is 0.333 e. The summed E-state index contributed by atoms with van der Waals surface area (Å²) < 4.78 is 4.77. The Morgan fingerprint density at radius 3 is 2.48 bits per heavy atom. The lowest BCUT2D eigenvalue weighted by atomic mass is 10.1. The summed E-state index contributed by atoms with van der Waals surface area (Å²) in [6, 6.07) is 10.6. The number of benzene rings is 1. The van der Waals surface area contributed by atoms with E-state index in [1.807, 2.05) is 13.0 Å². The number of aromatic amines is 1. The van der Waals surface area contributed by atoms with Crippen molar-refractivity contribution in [1.82, 2.24) is 10.3 Å². The predicted octanol–water partition coefficient (Wildman–Crippen LogP) is 1.58. The molecule has 0 aliphatic carbocycles. The van der Waals surface area contributed by atoms with Crippen molar-refractivity contribution in [2.24, 2.45) is 0 Å². The Morgan fingerprint density at radius 1 is 1.17 bits per heavy atom. The molecule has 0 bridgehead atoms. The van der Waals surface area contributed by atoms with E-state index in [0.717, 1.165) is 0 Å². The maximum atomic E-state index is 12.5. The van der Waals surface area contributed by atoms with Gasteiger partial charge < -0.3 is 15.0 Å². The first-order chi connectivity index (χ1) is 11.1. The zero-order valence-corrected chi connectivity index (χ0v) is 13.0. The van der Waals surface area contributed by atoms with Crippen molar-refractivity contribution in [3.63, 3.8) is 0 Å². The number of aryl methyl sites for hydroxylation is 1. The zero-order valence-electron chi connectivity index (χ0n) is 13.0. The molecule has 0 aliphatic rings. The summed E-state index contributed by atoms with van der Waals surface area (Å²) in [6.07, 6.45) is 0.493. The molecule has 0 radical (unpaired) electrons. The molecule has 0 aliphatic heterocycles. The second kappa shape index (κ2) is 7.40. The van der Waals surface area contributed by atoms with Crippen LogP contribution < -0.4 is 10.9 Å². The fourth-order valence-electron chi connectivity index (χ4n) is 2.26. The molecule has 23 heavy (non-hydrogen) atoms. The molecule has 0 fully saturated rings. The number of carbonyl (C=O) groups is 2. The molecule has 1 aromatic carbocycles. The van der Waals surface area contributed by atoms with Crippen LogP contribution in [0.25, 0.3) is 0 Å². The molecule has 0 spiro atoms. The zero-order chi connectivity index (χ0) is 16.8. The first kappa shape index (κ1) is 16.5. The molecule has 1 heterocycles. The summed E-state index contributed by atoms with van der Waals surface area (Å²) >= 11 is 0. The minimum Gasteiger partial charge on any atom is -0.467 e. The van der Waals surface area contributed by atoms with E-state index in [0.29, 0.717) is 23.2 Å². The van der Waals surface area contributed by atoms with Crippen molar-refractivity contribution in [2.45, 2.75) is 19.4 Å². The van der Waals surface area contributed by atoms with Crippen molar-refractivity contribution in [3.8, 4) is 0 Å². The van der Waals surface area contributed by atoms with E-state index in [2.05, 4.69) is 10.3 Å². The summed E-state index contributed by atoms with van der Waals surface area (Å²) in [6.45, 7) is 1.83.